The van der Waals surface area contributed by atoms with Gasteiger partial charge in [0.2, 0.25) is 5.91 Å². The van der Waals surface area contributed by atoms with Crippen LogP contribution in [0.1, 0.15) is 52.4 Å². The van der Waals surface area contributed by atoms with E-state index in [1.54, 1.807) is 0 Å². The van der Waals surface area contributed by atoms with E-state index in [1.165, 1.54) is 25.7 Å². The van der Waals surface area contributed by atoms with Crippen molar-refractivity contribution < 1.29 is 4.79 Å². The van der Waals surface area contributed by atoms with Crippen LogP contribution in [0.2, 0.25) is 0 Å². The molecule has 2 N–H and O–H groups in total. The molecule has 1 saturated heterocycles. The van der Waals surface area contributed by atoms with Gasteiger partial charge in [-0.15, -0.1) is 0 Å². The summed E-state index contributed by atoms with van der Waals surface area (Å²) in [6, 6.07) is 0. The second-order valence-electron chi connectivity index (χ2n) is 6.97. The Morgan fingerprint density at radius 1 is 1.22 bits per heavy atom. The molecule has 0 spiro atoms. The van der Waals surface area contributed by atoms with Crippen molar-refractivity contribution >= 4 is 5.91 Å². The molecule has 104 valence electrons. The van der Waals surface area contributed by atoms with Gasteiger partial charge in [-0.05, 0) is 62.4 Å². The van der Waals surface area contributed by atoms with Crippen molar-refractivity contribution in [1.29, 1.82) is 0 Å². The van der Waals surface area contributed by atoms with E-state index in [-0.39, 0.29) is 5.91 Å². The van der Waals surface area contributed by atoms with Crippen molar-refractivity contribution in [3.05, 3.63) is 0 Å². The highest BCUT2D eigenvalue weighted by Crippen LogP contribution is 2.37. The molecule has 2 rings (SSSR count). The number of rotatable bonds is 4. The molecule has 1 unspecified atom stereocenters. The molecule has 1 saturated carbocycles. The van der Waals surface area contributed by atoms with E-state index in [9.17, 15) is 4.79 Å². The standard InChI is InChI=1S/C15H28N2O/c1-15(2)6-3-12(4-7-15)11-17-14(18)9-13-5-8-16-10-13/h12-13,16H,3-11H2,1-2H3,(H,17,18). The van der Waals surface area contributed by atoms with Crippen LogP contribution in [0.4, 0.5) is 0 Å². The Kier molecular flexibility index (Phi) is 4.66. The van der Waals surface area contributed by atoms with Crippen LogP contribution >= 0.6 is 0 Å². The van der Waals surface area contributed by atoms with E-state index in [0.29, 0.717) is 23.7 Å². The summed E-state index contributed by atoms with van der Waals surface area (Å²) in [6.07, 6.45) is 7.03. The summed E-state index contributed by atoms with van der Waals surface area (Å²) in [6.45, 7) is 7.71. The maximum absolute atomic E-state index is 11.8. The Hall–Kier alpha value is -0.570. The predicted molar refractivity (Wildman–Crippen MR) is 74.3 cm³/mol. The molecule has 1 aliphatic heterocycles. The number of hydrogen-bond donors (Lipinski definition) is 2. The summed E-state index contributed by atoms with van der Waals surface area (Å²) in [7, 11) is 0. The highest BCUT2D eigenvalue weighted by molar-refractivity contribution is 5.76. The molecule has 3 heteroatoms. The van der Waals surface area contributed by atoms with Gasteiger partial charge < -0.3 is 10.6 Å². The van der Waals surface area contributed by atoms with Crippen molar-refractivity contribution in [2.45, 2.75) is 52.4 Å². The average Bonchev–Trinajstić information content (AvgIpc) is 2.80. The van der Waals surface area contributed by atoms with Crippen molar-refractivity contribution in [3.63, 3.8) is 0 Å². The van der Waals surface area contributed by atoms with Crippen LogP contribution in [-0.4, -0.2) is 25.5 Å². The number of hydrogen-bond acceptors (Lipinski definition) is 2. The summed E-state index contributed by atoms with van der Waals surface area (Å²) in [5.41, 5.74) is 0.524. The first-order valence-corrected chi connectivity index (χ1v) is 7.52. The van der Waals surface area contributed by atoms with Crippen LogP contribution in [0.25, 0.3) is 0 Å². The summed E-state index contributed by atoms with van der Waals surface area (Å²) < 4.78 is 0. The van der Waals surface area contributed by atoms with Crippen molar-refractivity contribution in [1.82, 2.24) is 10.6 Å². The fourth-order valence-electron chi connectivity index (χ4n) is 3.14. The second kappa shape index (κ2) is 6.05. The average molecular weight is 252 g/mol. The molecule has 1 heterocycles. The fraction of sp³-hybridized carbons (Fsp3) is 0.933. The molecule has 2 fully saturated rings. The number of carbonyl (C=O) groups is 1. The van der Waals surface area contributed by atoms with Gasteiger partial charge in [-0.3, -0.25) is 4.79 Å². The Morgan fingerprint density at radius 2 is 1.94 bits per heavy atom. The first kappa shape index (κ1) is 13.9. The van der Waals surface area contributed by atoms with Crippen LogP contribution in [0.3, 0.4) is 0 Å². The molecular formula is C15H28N2O. The molecule has 0 aromatic heterocycles. The third kappa shape index (κ3) is 4.27. The van der Waals surface area contributed by atoms with Crippen molar-refractivity contribution in [3.8, 4) is 0 Å². The molecule has 0 bridgehead atoms. The number of nitrogens with one attached hydrogen (secondary N) is 2. The maximum atomic E-state index is 11.8. The lowest BCUT2D eigenvalue weighted by molar-refractivity contribution is -0.122. The minimum atomic E-state index is 0.258. The molecule has 18 heavy (non-hydrogen) atoms. The molecule has 1 atom stereocenters. The van der Waals surface area contributed by atoms with Gasteiger partial charge in [0.25, 0.3) is 0 Å². The van der Waals surface area contributed by atoms with Gasteiger partial charge in [0, 0.05) is 13.0 Å². The third-order valence-corrected chi connectivity index (χ3v) is 4.68. The molecule has 1 aliphatic carbocycles. The van der Waals surface area contributed by atoms with Gasteiger partial charge >= 0.3 is 0 Å². The molecule has 1 amide bonds. The molecule has 0 aromatic carbocycles. The Labute approximate surface area is 111 Å². The summed E-state index contributed by atoms with van der Waals surface area (Å²) in [5.74, 6) is 1.53. The minimum absolute atomic E-state index is 0.258. The van der Waals surface area contributed by atoms with Crippen LogP contribution in [0.15, 0.2) is 0 Å². The second-order valence-corrected chi connectivity index (χ2v) is 6.97. The van der Waals surface area contributed by atoms with E-state index in [4.69, 9.17) is 0 Å². The van der Waals surface area contributed by atoms with Gasteiger partial charge in [0.1, 0.15) is 0 Å². The lowest BCUT2D eigenvalue weighted by Gasteiger charge is -2.34. The summed E-state index contributed by atoms with van der Waals surface area (Å²) >= 11 is 0. The fourth-order valence-corrected chi connectivity index (χ4v) is 3.14. The smallest absolute Gasteiger partial charge is 0.220 e. The normalized spacial score (nSPS) is 28.2. The SMILES string of the molecule is CC1(C)CCC(CNC(=O)CC2CCNC2)CC1. The van der Waals surface area contributed by atoms with Crippen LogP contribution < -0.4 is 10.6 Å². The van der Waals surface area contributed by atoms with Gasteiger partial charge in [-0.2, -0.15) is 0 Å². The zero-order valence-electron chi connectivity index (χ0n) is 11.9. The zero-order chi connectivity index (χ0) is 13.0. The van der Waals surface area contributed by atoms with Gasteiger partial charge in [-0.1, -0.05) is 13.8 Å². The highest BCUT2D eigenvalue weighted by Gasteiger charge is 2.27. The Balaban J connectivity index is 1.61. The molecule has 3 nitrogen and oxygen atoms in total. The zero-order valence-corrected chi connectivity index (χ0v) is 11.9. The largest absolute Gasteiger partial charge is 0.356 e. The van der Waals surface area contributed by atoms with Crippen LogP contribution in [0.5, 0.6) is 0 Å². The maximum Gasteiger partial charge on any atom is 0.220 e. The van der Waals surface area contributed by atoms with Gasteiger partial charge in [0.05, 0.1) is 0 Å². The summed E-state index contributed by atoms with van der Waals surface area (Å²) in [4.78, 5) is 11.8. The highest BCUT2D eigenvalue weighted by atomic mass is 16.1. The van der Waals surface area contributed by atoms with Gasteiger partial charge in [-0.25, -0.2) is 0 Å². The topological polar surface area (TPSA) is 41.1 Å². The third-order valence-electron chi connectivity index (χ3n) is 4.68. The van der Waals surface area contributed by atoms with E-state index in [1.807, 2.05) is 0 Å². The van der Waals surface area contributed by atoms with E-state index < -0.39 is 0 Å². The van der Waals surface area contributed by atoms with Crippen LogP contribution in [-0.2, 0) is 4.79 Å². The molecule has 0 aromatic rings. The first-order valence-electron chi connectivity index (χ1n) is 7.52. The molecular weight excluding hydrogens is 224 g/mol. The quantitative estimate of drug-likeness (QED) is 0.806. The minimum Gasteiger partial charge on any atom is -0.356 e. The van der Waals surface area contributed by atoms with Gasteiger partial charge in [0.15, 0.2) is 0 Å². The Bertz CT molecular complexity index is 272. The summed E-state index contributed by atoms with van der Waals surface area (Å²) in [5, 5.41) is 6.45. The predicted octanol–water partition coefficient (Wildman–Crippen LogP) is 2.32. The van der Waals surface area contributed by atoms with Crippen molar-refractivity contribution in [2.75, 3.05) is 19.6 Å². The lowest BCUT2D eigenvalue weighted by atomic mass is 9.73. The molecule has 2 aliphatic rings. The number of amides is 1. The van der Waals surface area contributed by atoms with E-state index in [2.05, 4.69) is 24.5 Å². The van der Waals surface area contributed by atoms with Crippen LogP contribution in [0, 0.1) is 17.3 Å². The monoisotopic (exact) mass is 252 g/mol. The molecule has 0 radical (unpaired) electrons. The van der Waals surface area contributed by atoms with E-state index in [0.717, 1.165) is 26.1 Å². The Morgan fingerprint density at radius 3 is 2.56 bits per heavy atom. The van der Waals surface area contributed by atoms with Crippen molar-refractivity contribution in [2.24, 2.45) is 17.3 Å². The number of carbonyl (C=O) groups excluding carboxylic acids is 1. The lowest BCUT2D eigenvalue weighted by Crippen LogP contribution is -2.33. The van der Waals surface area contributed by atoms with E-state index >= 15 is 0 Å². The first-order chi connectivity index (χ1) is 8.55.